The standard InChI is InChI=1S/C17H21F3N2O2/c1-22(2)15(16-4-3-9-23-16)11-21-10-13-5-7-14(8-6-13)24-12-17(18,19)20/h3-9,15,21H,10-12H2,1-2H3. The van der Waals surface area contributed by atoms with E-state index in [0.717, 1.165) is 11.3 Å². The molecule has 0 spiro atoms. The van der Waals surface area contributed by atoms with E-state index in [-0.39, 0.29) is 11.8 Å². The summed E-state index contributed by atoms with van der Waals surface area (Å²) in [5.41, 5.74) is 0.964. The van der Waals surface area contributed by atoms with E-state index < -0.39 is 12.8 Å². The third kappa shape index (κ3) is 5.90. The molecule has 0 aliphatic carbocycles. The SMILES string of the molecule is CN(C)C(CNCc1ccc(OCC(F)(F)F)cc1)c1ccco1. The number of hydrogen-bond donors (Lipinski definition) is 1. The molecular weight excluding hydrogens is 321 g/mol. The maximum absolute atomic E-state index is 12.1. The summed E-state index contributed by atoms with van der Waals surface area (Å²) in [4.78, 5) is 2.06. The number of hydrogen-bond acceptors (Lipinski definition) is 4. The molecule has 0 amide bonds. The zero-order valence-electron chi connectivity index (χ0n) is 13.6. The van der Waals surface area contributed by atoms with Crippen molar-refractivity contribution in [2.24, 2.45) is 0 Å². The smallest absolute Gasteiger partial charge is 0.422 e. The van der Waals surface area contributed by atoms with Crippen LogP contribution >= 0.6 is 0 Å². The van der Waals surface area contributed by atoms with E-state index in [9.17, 15) is 13.2 Å². The summed E-state index contributed by atoms with van der Waals surface area (Å²) < 4.78 is 46.4. The Morgan fingerprint density at radius 1 is 1.17 bits per heavy atom. The molecule has 0 fully saturated rings. The van der Waals surface area contributed by atoms with Crippen molar-refractivity contribution in [2.75, 3.05) is 27.2 Å². The minimum Gasteiger partial charge on any atom is -0.484 e. The van der Waals surface area contributed by atoms with Crippen LogP contribution in [-0.4, -0.2) is 38.3 Å². The summed E-state index contributed by atoms with van der Waals surface area (Å²) in [6.45, 7) is 0.00962. The van der Waals surface area contributed by atoms with Gasteiger partial charge in [0.1, 0.15) is 11.5 Å². The number of nitrogens with one attached hydrogen (secondary N) is 1. The van der Waals surface area contributed by atoms with Crippen molar-refractivity contribution < 1.29 is 22.3 Å². The largest absolute Gasteiger partial charge is 0.484 e. The Morgan fingerprint density at radius 2 is 1.88 bits per heavy atom. The highest BCUT2D eigenvalue weighted by Crippen LogP contribution is 2.20. The van der Waals surface area contributed by atoms with Crippen LogP contribution < -0.4 is 10.1 Å². The molecule has 0 aliphatic heterocycles. The molecule has 2 aromatic rings. The molecule has 1 unspecified atom stereocenters. The highest BCUT2D eigenvalue weighted by atomic mass is 19.4. The van der Waals surface area contributed by atoms with Crippen molar-refractivity contribution >= 4 is 0 Å². The predicted molar refractivity (Wildman–Crippen MR) is 84.8 cm³/mol. The predicted octanol–water partition coefficient (Wildman–Crippen LogP) is 3.61. The van der Waals surface area contributed by atoms with Gasteiger partial charge in [0.2, 0.25) is 0 Å². The summed E-state index contributed by atoms with van der Waals surface area (Å²) in [5.74, 6) is 1.08. The van der Waals surface area contributed by atoms with E-state index >= 15 is 0 Å². The summed E-state index contributed by atoms with van der Waals surface area (Å²) >= 11 is 0. The third-order valence-corrected chi connectivity index (χ3v) is 3.49. The molecule has 0 saturated carbocycles. The molecule has 0 bridgehead atoms. The van der Waals surface area contributed by atoms with Crippen LogP contribution in [0.4, 0.5) is 13.2 Å². The van der Waals surface area contributed by atoms with E-state index in [0.29, 0.717) is 13.1 Å². The van der Waals surface area contributed by atoms with E-state index in [1.807, 2.05) is 26.2 Å². The third-order valence-electron chi connectivity index (χ3n) is 3.49. The minimum atomic E-state index is -4.33. The van der Waals surface area contributed by atoms with Gasteiger partial charge in [0.25, 0.3) is 0 Å². The van der Waals surface area contributed by atoms with Gasteiger partial charge in [0.15, 0.2) is 6.61 Å². The van der Waals surface area contributed by atoms with Gasteiger partial charge in [-0.05, 0) is 43.9 Å². The van der Waals surface area contributed by atoms with E-state index in [4.69, 9.17) is 4.42 Å². The number of nitrogens with zero attached hydrogens (tertiary/aromatic N) is 1. The van der Waals surface area contributed by atoms with Gasteiger partial charge >= 0.3 is 6.18 Å². The second-order valence-electron chi connectivity index (χ2n) is 5.67. The van der Waals surface area contributed by atoms with Gasteiger partial charge in [-0.3, -0.25) is 4.90 Å². The maximum Gasteiger partial charge on any atom is 0.422 e. The fourth-order valence-corrected chi connectivity index (χ4v) is 2.24. The van der Waals surface area contributed by atoms with E-state index in [1.54, 1.807) is 30.5 Å². The van der Waals surface area contributed by atoms with Crippen LogP contribution in [0.2, 0.25) is 0 Å². The number of ether oxygens (including phenoxy) is 1. The molecule has 1 aromatic carbocycles. The highest BCUT2D eigenvalue weighted by molar-refractivity contribution is 5.27. The second kappa shape index (κ2) is 8.21. The lowest BCUT2D eigenvalue weighted by atomic mass is 10.2. The normalized spacial score (nSPS) is 13.2. The fraction of sp³-hybridized carbons (Fsp3) is 0.412. The van der Waals surface area contributed by atoms with Crippen LogP contribution in [0.1, 0.15) is 17.4 Å². The Hall–Kier alpha value is -1.99. The summed E-state index contributed by atoms with van der Waals surface area (Å²) in [6.07, 6.45) is -2.68. The van der Waals surface area contributed by atoms with Crippen molar-refractivity contribution in [3.05, 3.63) is 54.0 Å². The van der Waals surface area contributed by atoms with E-state index in [2.05, 4.69) is 15.0 Å². The van der Waals surface area contributed by atoms with Gasteiger partial charge < -0.3 is 14.5 Å². The van der Waals surface area contributed by atoms with Gasteiger partial charge in [-0.25, -0.2) is 0 Å². The van der Waals surface area contributed by atoms with Crippen molar-refractivity contribution in [2.45, 2.75) is 18.8 Å². The first kappa shape index (κ1) is 18.4. The number of rotatable bonds is 8. The summed E-state index contributed by atoms with van der Waals surface area (Å²) in [6, 6.07) is 10.5. The van der Waals surface area contributed by atoms with Crippen molar-refractivity contribution in [1.29, 1.82) is 0 Å². The van der Waals surface area contributed by atoms with Gasteiger partial charge in [-0.1, -0.05) is 12.1 Å². The Bertz CT molecular complexity index is 595. The van der Waals surface area contributed by atoms with Gasteiger partial charge in [-0.2, -0.15) is 13.2 Å². The average Bonchev–Trinajstić information content (AvgIpc) is 3.03. The summed E-state index contributed by atoms with van der Waals surface area (Å²) in [7, 11) is 3.95. The molecule has 1 aromatic heterocycles. The number of likely N-dealkylation sites (N-methyl/N-ethyl adjacent to an activating group) is 1. The van der Waals surface area contributed by atoms with Gasteiger partial charge in [0.05, 0.1) is 12.3 Å². The Balaban J connectivity index is 1.81. The monoisotopic (exact) mass is 342 g/mol. The first-order chi connectivity index (χ1) is 11.3. The van der Waals surface area contributed by atoms with Crippen molar-refractivity contribution in [3.63, 3.8) is 0 Å². The molecule has 1 heterocycles. The first-order valence-corrected chi connectivity index (χ1v) is 7.54. The lowest BCUT2D eigenvalue weighted by Crippen LogP contribution is -2.30. The van der Waals surface area contributed by atoms with Crippen molar-refractivity contribution in [1.82, 2.24) is 10.2 Å². The average molecular weight is 342 g/mol. The van der Waals surface area contributed by atoms with Crippen LogP contribution in [0.15, 0.2) is 47.1 Å². The quantitative estimate of drug-likeness (QED) is 0.795. The highest BCUT2D eigenvalue weighted by Gasteiger charge is 2.28. The molecule has 24 heavy (non-hydrogen) atoms. The van der Waals surface area contributed by atoms with Crippen LogP contribution in [0.5, 0.6) is 5.75 Å². The van der Waals surface area contributed by atoms with Crippen LogP contribution in [0, 0.1) is 0 Å². The topological polar surface area (TPSA) is 37.6 Å². The molecule has 1 N–H and O–H groups in total. The number of furan rings is 1. The number of halogens is 3. The number of benzene rings is 1. The minimum absolute atomic E-state index is 0.106. The second-order valence-corrected chi connectivity index (χ2v) is 5.67. The van der Waals surface area contributed by atoms with Gasteiger partial charge in [-0.15, -0.1) is 0 Å². The Morgan fingerprint density at radius 3 is 2.42 bits per heavy atom. The molecule has 0 aliphatic rings. The molecule has 2 rings (SSSR count). The van der Waals surface area contributed by atoms with E-state index in [1.165, 1.54) is 0 Å². The zero-order chi connectivity index (χ0) is 17.6. The number of alkyl halides is 3. The molecular formula is C17H21F3N2O2. The van der Waals surface area contributed by atoms with Crippen LogP contribution in [0.25, 0.3) is 0 Å². The molecule has 132 valence electrons. The molecule has 0 saturated heterocycles. The maximum atomic E-state index is 12.1. The van der Waals surface area contributed by atoms with Gasteiger partial charge in [0, 0.05) is 13.1 Å². The van der Waals surface area contributed by atoms with Crippen LogP contribution in [0.3, 0.4) is 0 Å². The molecule has 0 radical (unpaired) electrons. The lowest BCUT2D eigenvalue weighted by molar-refractivity contribution is -0.153. The molecule has 1 atom stereocenters. The summed E-state index contributed by atoms with van der Waals surface area (Å²) in [5, 5.41) is 3.32. The van der Waals surface area contributed by atoms with Crippen LogP contribution in [-0.2, 0) is 6.54 Å². The fourth-order valence-electron chi connectivity index (χ4n) is 2.24. The van der Waals surface area contributed by atoms with Crippen molar-refractivity contribution in [3.8, 4) is 5.75 Å². The lowest BCUT2D eigenvalue weighted by Gasteiger charge is -2.22. The first-order valence-electron chi connectivity index (χ1n) is 7.54. The molecule has 7 heteroatoms. The zero-order valence-corrected chi connectivity index (χ0v) is 13.6. The Kier molecular flexibility index (Phi) is 6.28. The Labute approximate surface area is 139 Å². The molecule has 4 nitrogen and oxygen atoms in total.